The van der Waals surface area contributed by atoms with Gasteiger partial charge >= 0.3 is 0 Å². The van der Waals surface area contributed by atoms with E-state index in [9.17, 15) is 5.11 Å². The van der Waals surface area contributed by atoms with Crippen LogP contribution in [0.3, 0.4) is 0 Å². The van der Waals surface area contributed by atoms with Crippen LogP contribution in [0, 0.1) is 0 Å². The van der Waals surface area contributed by atoms with E-state index in [1.54, 1.807) is 12.4 Å². The van der Waals surface area contributed by atoms with Crippen LogP contribution in [0.1, 0.15) is 18.9 Å². The molecule has 0 aromatic carbocycles. The third-order valence-corrected chi connectivity index (χ3v) is 2.37. The molecule has 1 aromatic heterocycles. The molecule has 84 valence electrons. The molecule has 0 aliphatic carbocycles. The van der Waals surface area contributed by atoms with Gasteiger partial charge in [-0.05, 0) is 19.4 Å². The molecule has 0 amide bonds. The third kappa shape index (κ3) is 3.18. The summed E-state index contributed by atoms with van der Waals surface area (Å²) in [5, 5.41) is 18.0. The normalized spacial score (nSPS) is 10.3. The molecule has 1 aromatic rings. The maximum absolute atomic E-state index is 9.18. The Morgan fingerprint density at radius 2 is 2.20 bits per heavy atom. The van der Waals surface area contributed by atoms with Gasteiger partial charge < -0.3 is 15.1 Å². The van der Waals surface area contributed by atoms with Crippen LogP contribution in [-0.4, -0.2) is 34.9 Å². The van der Waals surface area contributed by atoms with Crippen LogP contribution in [-0.2, 0) is 6.61 Å². The summed E-state index contributed by atoms with van der Waals surface area (Å²) in [6, 6.07) is 1.82. The first-order valence-corrected chi connectivity index (χ1v) is 5.23. The van der Waals surface area contributed by atoms with Gasteiger partial charge in [-0.25, -0.2) is 0 Å². The Bertz CT molecular complexity index is 292. The molecule has 15 heavy (non-hydrogen) atoms. The number of aliphatic hydroxyl groups excluding tert-OH is 2. The molecule has 0 saturated heterocycles. The first-order chi connectivity index (χ1) is 7.33. The largest absolute Gasteiger partial charge is 0.396 e. The van der Waals surface area contributed by atoms with Crippen molar-refractivity contribution in [3.8, 4) is 0 Å². The molecule has 2 N–H and O–H groups in total. The van der Waals surface area contributed by atoms with Crippen LogP contribution < -0.4 is 4.90 Å². The van der Waals surface area contributed by atoms with E-state index in [4.69, 9.17) is 5.11 Å². The van der Waals surface area contributed by atoms with Crippen LogP contribution in [0.25, 0.3) is 0 Å². The molecule has 4 heteroatoms. The fraction of sp³-hybridized carbons (Fsp3) is 0.545. The number of rotatable bonds is 6. The van der Waals surface area contributed by atoms with E-state index in [1.165, 1.54) is 0 Å². The molecule has 1 rings (SSSR count). The Labute approximate surface area is 90.2 Å². The van der Waals surface area contributed by atoms with Gasteiger partial charge in [-0.15, -0.1) is 0 Å². The van der Waals surface area contributed by atoms with E-state index in [0.29, 0.717) is 0 Å². The summed E-state index contributed by atoms with van der Waals surface area (Å²) >= 11 is 0. The van der Waals surface area contributed by atoms with Crippen molar-refractivity contribution in [3.05, 3.63) is 24.0 Å². The van der Waals surface area contributed by atoms with E-state index in [-0.39, 0.29) is 13.2 Å². The quantitative estimate of drug-likeness (QED) is 0.728. The van der Waals surface area contributed by atoms with Crippen molar-refractivity contribution in [2.24, 2.45) is 0 Å². The molecule has 1 heterocycles. The first kappa shape index (κ1) is 11.9. The molecule has 0 aliphatic heterocycles. The molecule has 0 saturated carbocycles. The fourth-order valence-corrected chi connectivity index (χ4v) is 1.54. The molecule has 0 aliphatic rings. The highest BCUT2D eigenvalue weighted by molar-refractivity contribution is 5.51. The highest BCUT2D eigenvalue weighted by Crippen LogP contribution is 2.18. The molecule has 0 unspecified atom stereocenters. The van der Waals surface area contributed by atoms with E-state index < -0.39 is 0 Å². The molecule has 0 fully saturated rings. The lowest BCUT2D eigenvalue weighted by Gasteiger charge is -2.24. The highest BCUT2D eigenvalue weighted by atomic mass is 16.3. The average Bonchev–Trinajstić information content (AvgIpc) is 2.30. The summed E-state index contributed by atoms with van der Waals surface area (Å²) in [7, 11) is 0. The summed E-state index contributed by atoms with van der Waals surface area (Å²) in [6.07, 6.45) is 4.16. The van der Waals surface area contributed by atoms with Gasteiger partial charge in [0.25, 0.3) is 0 Å². The SMILES string of the molecule is CCN(CCCO)c1cnccc1CO. The zero-order valence-corrected chi connectivity index (χ0v) is 9.06. The van der Waals surface area contributed by atoms with E-state index >= 15 is 0 Å². The van der Waals surface area contributed by atoms with Crippen LogP contribution in [0.2, 0.25) is 0 Å². The molecule has 0 bridgehead atoms. The maximum Gasteiger partial charge on any atom is 0.0703 e. The van der Waals surface area contributed by atoms with Gasteiger partial charge in [-0.2, -0.15) is 0 Å². The predicted molar refractivity (Wildman–Crippen MR) is 59.7 cm³/mol. The Morgan fingerprint density at radius 1 is 1.40 bits per heavy atom. The lowest BCUT2D eigenvalue weighted by atomic mass is 10.2. The van der Waals surface area contributed by atoms with Crippen LogP contribution in [0.4, 0.5) is 5.69 Å². The van der Waals surface area contributed by atoms with Gasteiger partial charge in [0.05, 0.1) is 18.5 Å². The minimum atomic E-state index is 0.0213. The van der Waals surface area contributed by atoms with Crippen LogP contribution in [0.15, 0.2) is 18.5 Å². The van der Waals surface area contributed by atoms with Gasteiger partial charge in [0.15, 0.2) is 0 Å². The third-order valence-electron chi connectivity index (χ3n) is 2.37. The Hall–Kier alpha value is -1.13. The van der Waals surface area contributed by atoms with Crippen molar-refractivity contribution >= 4 is 5.69 Å². The second-order valence-corrected chi connectivity index (χ2v) is 3.32. The Balaban J connectivity index is 2.80. The molecular formula is C11H18N2O2. The minimum Gasteiger partial charge on any atom is -0.396 e. The van der Waals surface area contributed by atoms with Gasteiger partial charge in [-0.3, -0.25) is 4.98 Å². The zero-order valence-electron chi connectivity index (χ0n) is 9.06. The smallest absolute Gasteiger partial charge is 0.0703 e. The van der Waals surface area contributed by atoms with Crippen molar-refractivity contribution in [1.29, 1.82) is 0 Å². The summed E-state index contributed by atoms with van der Waals surface area (Å²) in [6.45, 7) is 3.88. The average molecular weight is 210 g/mol. The van der Waals surface area contributed by atoms with Gasteiger partial charge in [-0.1, -0.05) is 0 Å². The number of anilines is 1. The predicted octanol–water partition coefficient (Wildman–Crippen LogP) is 0.783. The topological polar surface area (TPSA) is 56.6 Å². The van der Waals surface area contributed by atoms with E-state index in [0.717, 1.165) is 30.8 Å². The van der Waals surface area contributed by atoms with Gasteiger partial charge in [0.1, 0.15) is 0 Å². The monoisotopic (exact) mass is 210 g/mol. The summed E-state index contributed by atoms with van der Waals surface area (Å²) < 4.78 is 0. The van der Waals surface area contributed by atoms with Crippen molar-refractivity contribution in [1.82, 2.24) is 4.98 Å². The Kier molecular flexibility index (Phi) is 5.07. The molecule has 0 radical (unpaired) electrons. The van der Waals surface area contributed by atoms with Crippen molar-refractivity contribution in [3.63, 3.8) is 0 Å². The van der Waals surface area contributed by atoms with E-state index in [1.807, 2.05) is 13.0 Å². The fourth-order valence-electron chi connectivity index (χ4n) is 1.54. The standard InChI is InChI=1S/C11H18N2O2/c1-2-13(6-3-7-14)11-8-12-5-4-10(11)9-15/h4-5,8,14-15H,2-3,6-7,9H2,1H3. The highest BCUT2D eigenvalue weighted by Gasteiger charge is 2.08. The second-order valence-electron chi connectivity index (χ2n) is 3.32. The second kappa shape index (κ2) is 6.37. The van der Waals surface area contributed by atoms with Crippen LogP contribution in [0.5, 0.6) is 0 Å². The van der Waals surface area contributed by atoms with Gasteiger partial charge in [0, 0.05) is 31.5 Å². The minimum absolute atomic E-state index is 0.0213. The molecular weight excluding hydrogens is 192 g/mol. The first-order valence-electron chi connectivity index (χ1n) is 5.23. The van der Waals surface area contributed by atoms with Crippen LogP contribution >= 0.6 is 0 Å². The number of aromatic nitrogens is 1. The van der Waals surface area contributed by atoms with Gasteiger partial charge in [0.2, 0.25) is 0 Å². The zero-order chi connectivity index (χ0) is 11.1. The molecule has 4 nitrogen and oxygen atoms in total. The Morgan fingerprint density at radius 3 is 2.80 bits per heavy atom. The van der Waals surface area contributed by atoms with Crippen molar-refractivity contribution < 1.29 is 10.2 Å². The number of nitrogens with zero attached hydrogens (tertiary/aromatic N) is 2. The number of pyridine rings is 1. The summed E-state index contributed by atoms with van der Waals surface area (Å²) in [5.41, 5.74) is 1.83. The molecule has 0 atom stereocenters. The molecule has 0 spiro atoms. The maximum atomic E-state index is 9.18. The lowest BCUT2D eigenvalue weighted by molar-refractivity contribution is 0.281. The summed E-state index contributed by atoms with van der Waals surface area (Å²) in [4.78, 5) is 6.16. The lowest BCUT2D eigenvalue weighted by Crippen LogP contribution is -2.25. The number of aliphatic hydroxyl groups is 2. The van der Waals surface area contributed by atoms with Crippen molar-refractivity contribution in [2.75, 3.05) is 24.6 Å². The summed E-state index contributed by atoms with van der Waals surface area (Å²) in [5.74, 6) is 0. The van der Waals surface area contributed by atoms with Crippen molar-refractivity contribution in [2.45, 2.75) is 20.0 Å². The van der Waals surface area contributed by atoms with E-state index in [2.05, 4.69) is 9.88 Å². The number of hydrogen-bond acceptors (Lipinski definition) is 4. The number of hydrogen-bond donors (Lipinski definition) is 2.